The minimum absolute atomic E-state index is 0.371. The molecule has 0 spiro atoms. The van der Waals surface area contributed by atoms with E-state index in [1.165, 1.54) is 12.8 Å². The summed E-state index contributed by atoms with van der Waals surface area (Å²) in [6.07, 6.45) is 2.69. The number of hydrogen-bond donors (Lipinski definition) is 2. The Labute approximate surface area is 75.1 Å². The number of piperazine rings is 1. The second-order valence-corrected chi connectivity index (χ2v) is 5.34. The second-order valence-electron chi connectivity index (χ2n) is 5.34. The fourth-order valence-electron chi connectivity index (χ4n) is 2.56. The lowest BCUT2D eigenvalue weighted by Gasteiger charge is -2.45. The molecule has 2 heteroatoms. The lowest BCUT2D eigenvalue weighted by molar-refractivity contribution is 0.133. The molecule has 0 aromatic carbocycles. The quantitative estimate of drug-likeness (QED) is 0.566. The molecule has 0 unspecified atom stereocenters. The summed E-state index contributed by atoms with van der Waals surface area (Å²) in [5.41, 5.74) is 0.755. The van der Waals surface area contributed by atoms with Gasteiger partial charge in [-0.15, -0.1) is 0 Å². The topological polar surface area (TPSA) is 24.1 Å². The highest BCUT2D eigenvalue weighted by Crippen LogP contribution is 2.40. The van der Waals surface area contributed by atoms with Crippen LogP contribution in [-0.2, 0) is 0 Å². The van der Waals surface area contributed by atoms with Gasteiger partial charge >= 0.3 is 0 Å². The first kappa shape index (κ1) is 8.52. The summed E-state index contributed by atoms with van der Waals surface area (Å²) < 4.78 is 0. The van der Waals surface area contributed by atoms with Crippen LogP contribution in [-0.4, -0.2) is 24.7 Å². The van der Waals surface area contributed by atoms with Gasteiger partial charge in [-0.3, -0.25) is 0 Å². The SMILES string of the molecule is CC(C)(C)[C@@]12CC[C@H](CNC1)N2. The molecule has 2 rings (SSSR count). The summed E-state index contributed by atoms with van der Waals surface area (Å²) in [6.45, 7) is 9.34. The van der Waals surface area contributed by atoms with Crippen molar-refractivity contribution in [2.45, 2.75) is 45.2 Å². The lowest BCUT2D eigenvalue weighted by atomic mass is 9.72. The molecule has 2 N–H and O–H groups in total. The Morgan fingerprint density at radius 2 is 2.08 bits per heavy atom. The third kappa shape index (κ3) is 1.09. The number of fused-ring (bicyclic) bond motifs is 2. The fourth-order valence-corrected chi connectivity index (χ4v) is 2.56. The molecule has 70 valence electrons. The van der Waals surface area contributed by atoms with Crippen molar-refractivity contribution < 1.29 is 0 Å². The summed E-state index contributed by atoms with van der Waals surface area (Å²) in [7, 11) is 0. The van der Waals surface area contributed by atoms with Crippen molar-refractivity contribution in [2.75, 3.05) is 13.1 Å². The Balaban J connectivity index is 2.21. The standard InChI is InChI=1S/C10H20N2/c1-9(2,3)10-5-4-8(12-10)6-11-7-10/h8,11-12H,4-7H2,1-3H3/t8-,10-/m1/s1. The van der Waals surface area contributed by atoms with Crippen molar-refractivity contribution >= 4 is 0 Å². The average molecular weight is 168 g/mol. The Hall–Kier alpha value is -0.0800. The highest BCUT2D eigenvalue weighted by atomic mass is 15.2. The lowest BCUT2D eigenvalue weighted by Crippen LogP contribution is -2.63. The second kappa shape index (κ2) is 2.46. The van der Waals surface area contributed by atoms with E-state index in [0.29, 0.717) is 11.0 Å². The third-order valence-corrected chi connectivity index (χ3v) is 3.65. The van der Waals surface area contributed by atoms with Gasteiger partial charge in [0, 0.05) is 24.7 Å². The highest BCUT2D eigenvalue weighted by Gasteiger charge is 2.48. The molecule has 0 aromatic rings. The molecule has 12 heavy (non-hydrogen) atoms. The van der Waals surface area contributed by atoms with E-state index >= 15 is 0 Å². The van der Waals surface area contributed by atoms with Crippen LogP contribution in [0.25, 0.3) is 0 Å². The molecule has 2 nitrogen and oxygen atoms in total. The van der Waals surface area contributed by atoms with Crippen molar-refractivity contribution in [3.63, 3.8) is 0 Å². The van der Waals surface area contributed by atoms with E-state index in [0.717, 1.165) is 19.1 Å². The van der Waals surface area contributed by atoms with Crippen LogP contribution in [0.15, 0.2) is 0 Å². The van der Waals surface area contributed by atoms with Gasteiger partial charge in [-0.1, -0.05) is 20.8 Å². The number of rotatable bonds is 0. The fraction of sp³-hybridized carbons (Fsp3) is 1.00. The summed E-state index contributed by atoms with van der Waals surface area (Å²) in [6, 6.07) is 0.734. The van der Waals surface area contributed by atoms with Crippen LogP contribution < -0.4 is 10.6 Å². The molecule has 0 aromatic heterocycles. The molecule has 0 saturated carbocycles. The Morgan fingerprint density at radius 1 is 1.33 bits per heavy atom. The summed E-state index contributed by atoms with van der Waals surface area (Å²) in [5, 5.41) is 7.31. The highest BCUT2D eigenvalue weighted by molar-refractivity contribution is 5.09. The normalized spacial score (nSPS) is 41.8. The molecule has 0 amide bonds. The van der Waals surface area contributed by atoms with Gasteiger partial charge in [0.2, 0.25) is 0 Å². The van der Waals surface area contributed by atoms with Crippen molar-refractivity contribution in [1.29, 1.82) is 0 Å². The van der Waals surface area contributed by atoms with E-state index in [4.69, 9.17) is 0 Å². The Kier molecular flexibility index (Phi) is 1.74. The van der Waals surface area contributed by atoms with Crippen LogP contribution in [0.2, 0.25) is 0 Å². The summed E-state index contributed by atoms with van der Waals surface area (Å²) in [5.74, 6) is 0. The maximum absolute atomic E-state index is 3.78. The number of nitrogens with one attached hydrogen (secondary N) is 2. The van der Waals surface area contributed by atoms with Crippen molar-refractivity contribution in [1.82, 2.24) is 10.6 Å². The largest absolute Gasteiger partial charge is 0.313 e. The van der Waals surface area contributed by atoms with Gasteiger partial charge in [-0.05, 0) is 18.3 Å². The predicted octanol–water partition coefficient (Wildman–Crippen LogP) is 1.13. The molecular formula is C10H20N2. The van der Waals surface area contributed by atoms with Gasteiger partial charge in [0.05, 0.1) is 0 Å². The molecule has 2 bridgehead atoms. The molecular weight excluding hydrogens is 148 g/mol. The summed E-state index contributed by atoms with van der Waals surface area (Å²) >= 11 is 0. The third-order valence-electron chi connectivity index (χ3n) is 3.65. The van der Waals surface area contributed by atoms with Crippen molar-refractivity contribution in [3.05, 3.63) is 0 Å². The van der Waals surface area contributed by atoms with Crippen LogP contribution in [0.5, 0.6) is 0 Å². The van der Waals surface area contributed by atoms with Gasteiger partial charge < -0.3 is 10.6 Å². The van der Waals surface area contributed by atoms with Crippen molar-refractivity contribution in [3.8, 4) is 0 Å². The van der Waals surface area contributed by atoms with Crippen LogP contribution in [0.3, 0.4) is 0 Å². The minimum Gasteiger partial charge on any atom is -0.313 e. The molecule has 2 saturated heterocycles. The Morgan fingerprint density at radius 3 is 2.67 bits per heavy atom. The smallest absolute Gasteiger partial charge is 0.0358 e. The van der Waals surface area contributed by atoms with E-state index in [9.17, 15) is 0 Å². The molecule has 2 aliphatic rings. The maximum Gasteiger partial charge on any atom is 0.0358 e. The van der Waals surface area contributed by atoms with Crippen LogP contribution >= 0.6 is 0 Å². The van der Waals surface area contributed by atoms with Gasteiger partial charge in [-0.25, -0.2) is 0 Å². The van der Waals surface area contributed by atoms with Gasteiger partial charge in [0.15, 0.2) is 0 Å². The van der Waals surface area contributed by atoms with E-state index in [-0.39, 0.29) is 0 Å². The predicted molar refractivity (Wildman–Crippen MR) is 51.2 cm³/mol. The zero-order valence-corrected chi connectivity index (χ0v) is 8.41. The molecule has 2 aliphatic heterocycles. The minimum atomic E-state index is 0.371. The zero-order valence-electron chi connectivity index (χ0n) is 8.41. The maximum atomic E-state index is 3.78. The number of hydrogen-bond acceptors (Lipinski definition) is 2. The summed E-state index contributed by atoms with van der Waals surface area (Å²) in [4.78, 5) is 0. The molecule has 0 aliphatic carbocycles. The van der Waals surface area contributed by atoms with E-state index in [1.807, 2.05) is 0 Å². The van der Waals surface area contributed by atoms with Crippen molar-refractivity contribution in [2.24, 2.45) is 5.41 Å². The van der Waals surface area contributed by atoms with Gasteiger partial charge in [0.25, 0.3) is 0 Å². The first-order valence-electron chi connectivity index (χ1n) is 5.02. The average Bonchev–Trinajstić information content (AvgIpc) is 2.27. The first-order valence-corrected chi connectivity index (χ1v) is 5.02. The zero-order chi connectivity index (χ0) is 8.82. The van der Waals surface area contributed by atoms with Gasteiger partial charge in [0.1, 0.15) is 0 Å². The van der Waals surface area contributed by atoms with Crippen LogP contribution in [0.4, 0.5) is 0 Å². The molecule has 2 atom stereocenters. The van der Waals surface area contributed by atoms with E-state index in [2.05, 4.69) is 31.4 Å². The van der Waals surface area contributed by atoms with Crippen LogP contribution in [0, 0.1) is 5.41 Å². The monoisotopic (exact) mass is 168 g/mol. The molecule has 0 radical (unpaired) electrons. The first-order chi connectivity index (χ1) is 5.54. The van der Waals surface area contributed by atoms with E-state index < -0.39 is 0 Å². The molecule has 2 fully saturated rings. The van der Waals surface area contributed by atoms with Gasteiger partial charge in [-0.2, -0.15) is 0 Å². The van der Waals surface area contributed by atoms with E-state index in [1.54, 1.807) is 0 Å². The molecule has 2 heterocycles. The Bertz CT molecular complexity index is 179. The van der Waals surface area contributed by atoms with Crippen LogP contribution in [0.1, 0.15) is 33.6 Å².